The molecule has 3 rings (SSSR count). The molecule has 0 aliphatic heterocycles. The molecular weight excluding hydrogens is 320 g/mol. The van der Waals surface area contributed by atoms with Gasteiger partial charge in [0.25, 0.3) is 0 Å². The molecule has 2 aromatic rings. The molecule has 1 aliphatic carbocycles. The van der Waals surface area contributed by atoms with Gasteiger partial charge in [0.05, 0.1) is 13.7 Å². The number of H-pyrrole nitrogens is 1. The molecule has 0 unspecified atom stereocenters. The second-order valence-corrected chi connectivity index (χ2v) is 7.52. The number of fused-ring (bicyclic) bond motifs is 1. The number of rotatable bonds is 5. The van der Waals surface area contributed by atoms with Crippen molar-refractivity contribution in [3.8, 4) is 5.88 Å². The predicted molar refractivity (Wildman–Crippen MR) is 83.7 cm³/mol. The number of aromatic nitrogens is 2. The molecule has 0 amide bonds. The molecule has 0 saturated heterocycles. The van der Waals surface area contributed by atoms with E-state index in [-0.39, 0.29) is 29.0 Å². The van der Waals surface area contributed by atoms with Gasteiger partial charge < -0.3 is 14.5 Å². The van der Waals surface area contributed by atoms with Crippen LogP contribution >= 0.6 is 0 Å². The summed E-state index contributed by atoms with van der Waals surface area (Å²) in [5.74, 6) is -0.181. The lowest BCUT2D eigenvalue weighted by Crippen LogP contribution is -2.10. The Bertz CT molecular complexity index is 881. The van der Waals surface area contributed by atoms with Crippen molar-refractivity contribution in [2.75, 3.05) is 20.0 Å². The Kier molecular flexibility index (Phi) is 3.79. The first kappa shape index (κ1) is 15.8. The molecule has 1 aliphatic rings. The summed E-state index contributed by atoms with van der Waals surface area (Å²) in [6.07, 6.45) is 4.68. The van der Waals surface area contributed by atoms with E-state index in [0.717, 1.165) is 24.7 Å². The lowest BCUT2D eigenvalue weighted by molar-refractivity contribution is 0.0516. The summed E-state index contributed by atoms with van der Waals surface area (Å²) in [6, 6.07) is 0. The zero-order valence-corrected chi connectivity index (χ0v) is 14.0. The van der Waals surface area contributed by atoms with E-state index >= 15 is 0 Å². The first-order valence-electron chi connectivity index (χ1n) is 7.34. The van der Waals surface area contributed by atoms with Gasteiger partial charge in [0.2, 0.25) is 5.88 Å². The predicted octanol–water partition coefficient (Wildman–Crippen LogP) is 2.03. The molecule has 7 nitrogen and oxygen atoms in total. The second-order valence-electron chi connectivity index (χ2n) is 5.57. The van der Waals surface area contributed by atoms with Crippen LogP contribution in [0.15, 0.2) is 11.1 Å². The molecule has 1 fully saturated rings. The summed E-state index contributed by atoms with van der Waals surface area (Å²) in [4.78, 5) is 19.3. The molecule has 0 spiro atoms. The molecule has 0 bridgehead atoms. The molecule has 1 N–H and O–H groups in total. The van der Waals surface area contributed by atoms with Crippen LogP contribution in [0.3, 0.4) is 0 Å². The summed E-state index contributed by atoms with van der Waals surface area (Å²) < 4.78 is 34.9. The molecule has 1 saturated carbocycles. The summed E-state index contributed by atoms with van der Waals surface area (Å²) in [5.41, 5.74) is 1.17. The fraction of sp³-hybridized carbons (Fsp3) is 0.467. The largest absolute Gasteiger partial charge is 0.479 e. The maximum Gasteiger partial charge on any atom is 0.356 e. The number of pyridine rings is 1. The van der Waals surface area contributed by atoms with Crippen LogP contribution in [0.5, 0.6) is 5.88 Å². The van der Waals surface area contributed by atoms with Crippen molar-refractivity contribution in [2.45, 2.75) is 30.6 Å². The van der Waals surface area contributed by atoms with Gasteiger partial charge in [-0.15, -0.1) is 0 Å². The van der Waals surface area contributed by atoms with Crippen LogP contribution in [-0.4, -0.2) is 44.3 Å². The zero-order valence-electron chi connectivity index (χ0n) is 13.2. The monoisotopic (exact) mass is 338 g/mol. The number of aromatic amines is 1. The van der Waals surface area contributed by atoms with Crippen LogP contribution in [0, 0.1) is 0 Å². The number of hydrogen-bond donors (Lipinski definition) is 1. The first-order valence-corrected chi connectivity index (χ1v) is 9.23. The highest BCUT2D eigenvalue weighted by Crippen LogP contribution is 2.46. The van der Waals surface area contributed by atoms with Crippen molar-refractivity contribution < 1.29 is 22.7 Å². The highest BCUT2D eigenvalue weighted by Gasteiger charge is 2.34. The molecule has 2 aromatic heterocycles. The third-order valence-electron chi connectivity index (χ3n) is 3.84. The topological polar surface area (TPSA) is 98.3 Å². The Hall–Kier alpha value is -2.09. The lowest BCUT2D eigenvalue weighted by Gasteiger charge is -2.07. The summed E-state index contributed by atoms with van der Waals surface area (Å²) in [5, 5.41) is 0.491. The molecule has 8 heteroatoms. The van der Waals surface area contributed by atoms with E-state index in [1.807, 2.05) is 0 Å². The Morgan fingerprint density at radius 2 is 2.13 bits per heavy atom. The fourth-order valence-electron chi connectivity index (χ4n) is 2.75. The number of nitrogens with zero attached hydrogens (tertiary/aromatic N) is 1. The highest BCUT2D eigenvalue weighted by atomic mass is 32.2. The molecule has 0 aromatic carbocycles. The summed E-state index contributed by atoms with van der Waals surface area (Å²) in [7, 11) is -2.20. The van der Waals surface area contributed by atoms with Crippen molar-refractivity contribution in [1.29, 1.82) is 0 Å². The van der Waals surface area contributed by atoms with Crippen LogP contribution < -0.4 is 4.74 Å². The standard InChI is InChI=1S/C15H18N2O5S/c1-4-22-15(18)12-13(23(3,19)20)10-9(8-5-6-8)7-16-14(21-2)11(10)17-12/h7-8,17H,4-6H2,1-3H3. The third kappa shape index (κ3) is 2.67. The number of carbonyl (C=O) groups excluding carboxylic acids is 1. The van der Waals surface area contributed by atoms with Crippen LogP contribution in [0.1, 0.15) is 41.7 Å². The van der Waals surface area contributed by atoms with Crippen molar-refractivity contribution in [1.82, 2.24) is 9.97 Å². The summed E-state index contributed by atoms with van der Waals surface area (Å²) in [6.45, 7) is 1.82. The summed E-state index contributed by atoms with van der Waals surface area (Å²) >= 11 is 0. The van der Waals surface area contributed by atoms with Crippen LogP contribution in [-0.2, 0) is 14.6 Å². The van der Waals surface area contributed by atoms with Crippen molar-refractivity contribution in [2.24, 2.45) is 0 Å². The minimum Gasteiger partial charge on any atom is -0.479 e. The van der Waals surface area contributed by atoms with Crippen LogP contribution in [0.25, 0.3) is 10.9 Å². The number of hydrogen-bond acceptors (Lipinski definition) is 6. The Labute approximate surface area is 133 Å². The fourth-order valence-corrected chi connectivity index (χ4v) is 3.85. The number of methoxy groups -OCH3 is 1. The van der Waals surface area contributed by atoms with Gasteiger partial charge >= 0.3 is 5.97 Å². The number of nitrogens with one attached hydrogen (secondary N) is 1. The lowest BCUT2D eigenvalue weighted by atomic mass is 10.1. The van der Waals surface area contributed by atoms with Gasteiger partial charge in [-0.25, -0.2) is 18.2 Å². The van der Waals surface area contributed by atoms with Gasteiger partial charge in [0.1, 0.15) is 16.1 Å². The Balaban J connectivity index is 2.40. The minimum atomic E-state index is -3.65. The Morgan fingerprint density at radius 3 is 2.65 bits per heavy atom. The maximum absolute atomic E-state index is 12.3. The SMILES string of the molecule is CCOC(=O)c1[nH]c2c(OC)ncc(C3CC3)c2c1S(C)(=O)=O. The highest BCUT2D eigenvalue weighted by molar-refractivity contribution is 7.91. The van der Waals surface area contributed by atoms with Crippen molar-refractivity contribution in [3.05, 3.63) is 17.5 Å². The number of ether oxygens (including phenoxy) is 2. The van der Waals surface area contributed by atoms with Gasteiger partial charge in [-0.3, -0.25) is 0 Å². The molecule has 0 atom stereocenters. The number of esters is 1. The normalized spacial score (nSPS) is 14.9. The first-order chi connectivity index (χ1) is 10.9. The minimum absolute atomic E-state index is 0.0337. The Morgan fingerprint density at radius 1 is 1.43 bits per heavy atom. The van der Waals surface area contributed by atoms with E-state index in [1.165, 1.54) is 7.11 Å². The zero-order chi connectivity index (χ0) is 16.8. The van der Waals surface area contributed by atoms with Crippen molar-refractivity contribution in [3.63, 3.8) is 0 Å². The van der Waals surface area contributed by atoms with E-state index in [1.54, 1.807) is 13.1 Å². The molecule has 2 heterocycles. The van der Waals surface area contributed by atoms with Crippen LogP contribution in [0.4, 0.5) is 0 Å². The van der Waals surface area contributed by atoms with Gasteiger partial charge in [-0.05, 0) is 31.2 Å². The number of sulfone groups is 1. The van der Waals surface area contributed by atoms with Gasteiger partial charge in [-0.2, -0.15) is 0 Å². The van der Waals surface area contributed by atoms with Crippen LogP contribution in [0.2, 0.25) is 0 Å². The molecular formula is C15H18N2O5S. The van der Waals surface area contributed by atoms with Crippen molar-refractivity contribution >= 4 is 26.7 Å². The molecule has 0 radical (unpaired) electrons. The molecule has 124 valence electrons. The van der Waals surface area contributed by atoms with E-state index < -0.39 is 15.8 Å². The second kappa shape index (κ2) is 5.52. The average Bonchev–Trinajstić information content (AvgIpc) is 3.23. The van der Waals surface area contributed by atoms with Gasteiger partial charge in [-0.1, -0.05) is 0 Å². The van der Waals surface area contributed by atoms with Gasteiger partial charge in [0, 0.05) is 17.8 Å². The maximum atomic E-state index is 12.3. The van der Waals surface area contributed by atoms with E-state index in [9.17, 15) is 13.2 Å². The van der Waals surface area contributed by atoms with E-state index in [0.29, 0.717) is 10.9 Å². The van der Waals surface area contributed by atoms with E-state index in [2.05, 4.69) is 9.97 Å². The van der Waals surface area contributed by atoms with E-state index in [4.69, 9.17) is 9.47 Å². The number of carbonyl (C=O) groups is 1. The third-order valence-corrected chi connectivity index (χ3v) is 4.99. The quantitative estimate of drug-likeness (QED) is 0.838. The molecule has 23 heavy (non-hydrogen) atoms. The van der Waals surface area contributed by atoms with Gasteiger partial charge in [0.15, 0.2) is 9.84 Å². The average molecular weight is 338 g/mol. The smallest absolute Gasteiger partial charge is 0.356 e.